The predicted octanol–water partition coefficient (Wildman–Crippen LogP) is 3.82. The van der Waals surface area contributed by atoms with Crippen LogP contribution >= 0.6 is 15.9 Å². The van der Waals surface area contributed by atoms with Gasteiger partial charge in [-0.1, -0.05) is 6.07 Å². The molecule has 3 aromatic heterocycles. The fourth-order valence-corrected chi connectivity index (χ4v) is 6.21. The normalized spacial score (nSPS) is 21.6. The van der Waals surface area contributed by atoms with Crippen LogP contribution in [0.15, 0.2) is 41.7 Å². The van der Waals surface area contributed by atoms with Crippen LogP contribution < -0.4 is 9.62 Å². The van der Waals surface area contributed by atoms with Crippen molar-refractivity contribution in [1.82, 2.24) is 24.1 Å². The SMILES string of the molecule is CC(C)(C)[S@@+]([O-])N[C@@H]1c2cccnc2CC12CCN(c1nccn3c(Br)ncc13)CC2. The molecule has 164 valence electrons. The minimum atomic E-state index is -1.14. The van der Waals surface area contributed by atoms with Crippen molar-refractivity contribution in [3.63, 3.8) is 0 Å². The van der Waals surface area contributed by atoms with E-state index in [1.54, 1.807) is 0 Å². The van der Waals surface area contributed by atoms with E-state index in [1.165, 1.54) is 5.56 Å². The van der Waals surface area contributed by atoms with E-state index in [2.05, 4.69) is 46.6 Å². The molecule has 2 aliphatic rings. The first-order valence-corrected chi connectivity index (χ1v) is 12.6. The zero-order chi connectivity index (χ0) is 21.8. The average molecular weight is 503 g/mol. The van der Waals surface area contributed by atoms with Crippen LogP contribution in [0, 0.1) is 5.41 Å². The zero-order valence-corrected chi connectivity index (χ0v) is 20.4. The van der Waals surface area contributed by atoms with Gasteiger partial charge < -0.3 is 9.45 Å². The van der Waals surface area contributed by atoms with Gasteiger partial charge >= 0.3 is 0 Å². The highest BCUT2D eigenvalue weighted by atomic mass is 79.9. The lowest BCUT2D eigenvalue weighted by Crippen LogP contribution is -2.49. The van der Waals surface area contributed by atoms with Gasteiger partial charge in [0, 0.05) is 54.2 Å². The Morgan fingerprint density at radius 2 is 1.97 bits per heavy atom. The number of imidazole rings is 1. The molecule has 0 radical (unpaired) electrons. The molecule has 0 bridgehead atoms. The molecule has 1 aliphatic heterocycles. The van der Waals surface area contributed by atoms with Crippen LogP contribution in [-0.4, -0.2) is 41.7 Å². The number of anilines is 1. The van der Waals surface area contributed by atoms with Gasteiger partial charge in [0.1, 0.15) is 10.3 Å². The minimum Gasteiger partial charge on any atom is -0.598 e. The topological polar surface area (TPSA) is 81.4 Å². The van der Waals surface area contributed by atoms with Gasteiger partial charge in [0.25, 0.3) is 0 Å². The Morgan fingerprint density at radius 3 is 2.71 bits per heavy atom. The van der Waals surface area contributed by atoms with Gasteiger partial charge in [0.2, 0.25) is 0 Å². The second-order valence-corrected chi connectivity index (χ2v) is 12.2. The van der Waals surface area contributed by atoms with E-state index in [4.69, 9.17) is 0 Å². The summed E-state index contributed by atoms with van der Waals surface area (Å²) in [5.41, 5.74) is 3.36. The summed E-state index contributed by atoms with van der Waals surface area (Å²) in [5, 5.41) is 0. The number of piperidine rings is 1. The Bertz CT molecular complexity index is 1100. The molecule has 0 unspecified atom stereocenters. The lowest BCUT2D eigenvalue weighted by atomic mass is 9.73. The molecule has 0 saturated carbocycles. The first-order chi connectivity index (χ1) is 14.8. The molecular weight excluding hydrogens is 476 g/mol. The number of nitrogens with zero attached hydrogens (tertiary/aromatic N) is 5. The average Bonchev–Trinajstić information content (AvgIpc) is 3.26. The molecule has 0 amide bonds. The number of hydrogen-bond acceptors (Lipinski definition) is 6. The van der Waals surface area contributed by atoms with E-state index in [-0.39, 0.29) is 16.2 Å². The molecule has 1 aliphatic carbocycles. The number of halogens is 1. The largest absolute Gasteiger partial charge is 0.598 e. The first kappa shape index (κ1) is 21.2. The maximum absolute atomic E-state index is 13.0. The lowest BCUT2D eigenvalue weighted by molar-refractivity contribution is 0.175. The van der Waals surface area contributed by atoms with Crippen molar-refractivity contribution in [3.8, 4) is 0 Å². The van der Waals surface area contributed by atoms with Crippen molar-refractivity contribution in [3.05, 3.63) is 52.9 Å². The maximum atomic E-state index is 13.0. The Kier molecular flexibility index (Phi) is 5.28. The van der Waals surface area contributed by atoms with Crippen LogP contribution in [0.25, 0.3) is 5.52 Å². The van der Waals surface area contributed by atoms with Crippen LogP contribution in [0.4, 0.5) is 5.82 Å². The van der Waals surface area contributed by atoms with E-state index in [0.717, 1.165) is 54.1 Å². The lowest BCUT2D eigenvalue weighted by Gasteiger charge is -2.44. The van der Waals surface area contributed by atoms with Crippen molar-refractivity contribution in [2.75, 3.05) is 18.0 Å². The van der Waals surface area contributed by atoms with Gasteiger partial charge in [-0.25, -0.2) is 9.97 Å². The number of pyridine rings is 1. The summed E-state index contributed by atoms with van der Waals surface area (Å²) in [5.74, 6) is 0.965. The predicted molar refractivity (Wildman–Crippen MR) is 126 cm³/mol. The van der Waals surface area contributed by atoms with Crippen molar-refractivity contribution in [1.29, 1.82) is 0 Å². The van der Waals surface area contributed by atoms with Crippen LogP contribution in [-0.2, 0) is 17.8 Å². The molecule has 1 fully saturated rings. The summed E-state index contributed by atoms with van der Waals surface area (Å²) in [4.78, 5) is 16.1. The van der Waals surface area contributed by atoms with Gasteiger partial charge in [-0.2, -0.15) is 0 Å². The van der Waals surface area contributed by atoms with E-state index in [9.17, 15) is 4.55 Å². The molecule has 2 atom stereocenters. The molecule has 9 heteroatoms. The smallest absolute Gasteiger partial charge is 0.181 e. The number of hydrogen-bond donors (Lipinski definition) is 1. The van der Waals surface area contributed by atoms with Crippen LogP contribution in [0.1, 0.15) is 50.9 Å². The van der Waals surface area contributed by atoms with Crippen molar-refractivity contribution in [2.24, 2.45) is 5.41 Å². The zero-order valence-electron chi connectivity index (χ0n) is 18.0. The van der Waals surface area contributed by atoms with Crippen molar-refractivity contribution >= 4 is 38.6 Å². The number of fused-ring (bicyclic) bond motifs is 2. The summed E-state index contributed by atoms with van der Waals surface area (Å²) in [6, 6.07) is 4.18. The molecular formula is C22H27BrN6OS. The Hall–Kier alpha value is -1.68. The molecule has 4 heterocycles. The van der Waals surface area contributed by atoms with Gasteiger partial charge in [-0.05, 0) is 67.6 Å². The minimum absolute atomic E-state index is 0.0139. The quantitative estimate of drug-likeness (QED) is 0.548. The summed E-state index contributed by atoms with van der Waals surface area (Å²) in [7, 11) is 0. The maximum Gasteiger partial charge on any atom is 0.181 e. The molecule has 1 saturated heterocycles. The monoisotopic (exact) mass is 502 g/mol. The number of aromatic nitrogens is 4. The molecule has 7 nitrogen and oxygen atoms in total. The van der Waals surface area contributed by atoms with Crippen LogP contribution in [0.2, 0.25) is 0 Å². The van der Waals surface area contributed by atoms with Crippen LogP contribution in [0.3, 0.4) is 0 Å². The molecule has 1 N–H and O–H groups in total. The Balaban J connectivity index is 1.42. The van der Waals surface area contributed by atoms with Crippen molar-refractivity contribution < 1.29 is 4.55 Å². The first-order valence-electron chi connectivity index (χ1n) is 10.6. The Labute approximate surface area is 194 Å². The third kappa shape index (κ3) is 3.65. The second kappa shape index (κ2) is 7.72. The van der Waals surface area contributed by atoms with Gasteiger partial charge in [-0.15, -0.1) is 4.72 Å². The fraction of sp³-hybridized carbons (Fsp3) is 0.500. The molecule has 3 aromatic rings. The fourth-order valence-electron chi connectivity index (χ4n) is 4.85. The third-order valence-electron chi connectivity index (χ3n) is 6.60. The van der Waals surface area contributed by atoms with E-state index in [1.807, 2.05) is 56.0 Å². The van der Waals surface area contributed by atoms with Gasteiger partial charge in [0.15, 0.2) is 10.6 Å². The van der Waals surface area contributed by atoms with E-state index in [0.29, 0.717) is 0 Å². The third-order valence-corrected chi connectivity index (χ3v) is 8.75. The summed E-state index contributed by atoms with van der Waals surface area (Å²) < 4.78 is 19.0. The molecule has 1 spiro atoms. The molecule has 31 heavy (non-hydrogen) atoms. The summed E-state index contributed by atoms with van der Waals surface area (Å²) in [6.45, 7) is 7.83. The highest BCUT2D eigenvalue weighted by Gasteiger charge is 2.51. The number of rotatable bonds is 3. The van der Waals surface area contributed by atoms with Gasteiger partial charge in [-0.3, -0.25) is 9.38 Å². The van der Waals surface area contributed by atoms with E-state index >= 15 is 0 Å². The molecule has 5 rings (SSSR count). The summed E-state index contributed by atoms with van der Waals surface area (Å²) in [6.07, 6.45) is 10.4. The van der Waals surface area contributed by atoms with Gasteiger partial charge in [0.05, 0.1) is 12.2 Å². The second-order valence-electron chi connectivity index (χ2n) is 9.53. The van der Waals surface area contributed by atoms with E-state index < -0.39 is 11.4 Å². The summed E-state index contributed by atoms with van der Waals surface area (Å²) >= 11 is 2.36. The standard InChI is InChI=1S/C22H27BrN6OS/c1-21(2,3)31(30)27-18-15-5-4-8-24-16(15)13-22(18)6-10-28(11-7-22)19-17-14-26-20(23)29(17)12-9-25-19/h4-5,8-9,12,14,18,27H,6-7,10-11,13H2,1-3H3/t18-,31-/m1/s1. The Morgan fingerprint density at radius 1 is 1.19 bits per heavy atom. The van der Waals surface area contributed by atoms with Crippen molar-refractivity contribution in [2.45, 2.75) is 50.8 Å². The highest BCUT2D eigenvalue weighted by Crippen LogP contribution is 2.52. The number of nitrogens with one attached hydrogen (secondary N) is 1. The van der Waals surface area contributed by atoms with Crippen LogP contribution in [0.5, 0.6) is 0 Å². The highest BCUT2D eigenvalue weighted by molar-refractivity contribution is 9.10. The molecule has 0 aromatic carbocycles.